The fourth-order valence-corrected chi connectivity index (χ4v) is 8.55. The summed E-state index contributed by atoms with van der Waals surface area (Å²) in [7, 11) is -9.55. The van der Waals surface area contributed by atoms with Crippen LogP contribution in [-0.2, 0) is 28.5 Å². The zero-order chi connectivity index (χ0) is 29.2. The van der Waals surface area contributed by atoms with E-state index >= 15 is 0 Å². The number of ether oxygens (including phenoxy) is 2. The molecule has 5 N–H and O–H groups in total. The fraction of sp³-hybridized carbons (Fsp3) is 0.522. The molecule has 18 heteroatoms. The van der Waals surface area contributed by atoms with Gasteiger partial charge in [-0.25, -0.2) is 4.98 Å². The first-order chi connectivity index (χ1) is 19.4. The number of benzene rings is 1. The summed E-state index contributed by atoms with van der Waals surface area (Å²) in [6.07, 6.45) is -2.60. The number of fused-ring (bicyclic) bond motifs is 3. The molecule has 2 fully saturated rings. The number of aromatic nitrogens is 4. The van der Waals surface area contributed by atoms with E-state index in [1.165, 1.54) is 16.5 Å². The fourth-order valence-electron chi connectivity index (χ4n) is 5.82. The number of hydrogen-bond donors (Lipinski definition) is 5. The molecule has 3 aliphatic rings. The van der Waals surface area contributed by atoms with Gasteiger partial charge in [-0.3, -0.25) is 13.7 Å². The number of hydrogen-bond acceptors (Lipinski definition) is 11. The molecule has 2 aromatic heterocycles. The van der Waals surface area contributed by atoms with Gasteiger partial charge in [0, 0.05) is 30.9 Å². The van der Waals surface area contributed by atoms with Crippen molar-refractivity contribution in [3.8, 4) is 0 Å². The number of aliphatic hydroxyl groups is 2. The molecule has 0 saturated carbocycles. The normalized spacial score (nSPS) is 27.4. The lowest BCUT2D eigenvalue weighted by atomic mass is 9.76. The highest BCUT2D eigenvalue weighted by Gasteiger charge is 2.47. The molecular weight excluding hydrogens is 604 g/mol. The van der Waals surface area contributed by atoms with Gasteiger partial charge < -0.3 is 43.8 Å². The summed E-state index contributed by atoms with van der Waals surface area (Å²) in [5.41, 5.74) is 2.62. The van der Waals surface area contributed by atoms with Crippen LogP contribution >= 0.6 is 26.8 Å². The van der Waals surface area contributed by atoms with Crippen molar-refractivity contribution in [1.29, 1.82) is 0 Å². The molecule has 1 spiro atoms. The average Bonchev–Trinajstić information content (AvgIpc) is 3.55. The number of para-hydroxylation sites is 1. The summed E-state index contributed by atoms with van der Waals surface area (Å²) < 4.78 is 40.7. The minimum atomic E-state index is -4.85. The molecule has 0 amide bonds. The number of nitrogens with zero attached hydrogens (tertiary/aromatic N) is 5. The second-order valence-electron chi connectivity index (χ2n) is 10.4. The van der Waals surface area contributed by atoms with Gasteiger partial charge in [0.2, 0.25) is 5.28 Å². The Labute approximate surface area is 238 Å². The third kappa shape index (κ3) is 5.46. The molecule has 1 aromatic carbocycles. The first-order valence-electron chi connectivity index (χ1n) is 12.7. The van der Waals surface area contributed by atoms with Crippen LogP contribution in [0.25, 0.3) is 11.2 Å². The molecule has 15 nitrogen and oxygen atoms in total. The first-order valence-corrected chi connectivity index (χ1v) is 16.7. The van der Waals surface area contributed by atoms with Crippen molar-refractivity contribution in [2.24, 2.45) is 0 Å². The van der Waals surface area contributed by atoms with Crippen molar-refractivity contribution in [1.82, 2.24) is 19.5 Å². The maximum Gasteiger partial charge on any atom is 0.340 e. The highest BCUT2D eigenvalue weighted by molar-refractivity contribution is 7.70. The maximum atomic E-state index is 12.0. The van der Waals surface area contributed by atoms with Crippen LogP contribution < -0.4 is 4.90 Å². The summed E-state index contributed by atoms with van der Waals surface area (Å²) >= 11 is 6.38. The lowest BCUT2D eigenvalue weighted by molar-refractivity contribution is -0.0483. The molecule has 5 atom stereocenters. The lowest BCUT2D eigenvalue weighted by Gasteiger charge is -2.34. The summed E-state index contributed by atoms with van der Waals surface area (Å²) in [5.74, 6) is -0.936. The van der Waals surface area contributed by atoms with E-state index in [-0.39, 0.29) is 16.3 Å². The second kappa shape index (κ2) is 10.6. The van der Waals surface area contributed by atoms with E-state index in [1.54, 1.807) is 0 Å². The van der Waals surface area contributed by atoms with Crippen molar-refractivity contribution in [3.63, 3.8) is 0 Å². The van der Waals surface area contributed by atoms with E-state index in [2.05, 4.69) is 21.0 Å². The van der Waals surface area contributed by atoms with Crippen LogP contribution in [0.4, 0.5) is 11.5 Å². The molecule has 41 heavy (non-hydrogen) atoms. The van der Waals surface area contributed by atoms with Crippen molar-refractivity contribution in [3.05, 3.63) is 41.4 Å². The zero-order valence-corrected chi connectivity index (χ0v) is 24.0. The highest BCUT2D eigenvalue weighted by Crippen LogP contribution is 2.55. The zero-order valence-electron chi connectivity index (χ0n) is 21.4. The first kappa shape index (κ1) is 29.1. The van der Waals surface area contributed by atoms with Crippen molar-refractivity contribution in [2.75, 3.05) is 37.2 Å². The summed E-state index contributed by atoms with van der Waals surface area (Å²) in [6.45, 7) is 1.20. The predicted molar refractivity (Wildman–Crippen MR) is 144 cm³/mol. The minimum absolute atomic E-state index is 0.0776. The minimum Gasteiger partial charge on any atom is -0.387 e. The van der Waals surface area contributed by atoms with Gasteiger partial charge in [0.15, 0.2) is 29.1 Å². The molecule has 0 aliphatic carbocycles. The van der Waals surface area contributed by atoms with E-state index in [0.29, 0.717) is 31.1 Å². The molecule has 0 bridgehead atoms. The number of rotatable bonds is 7. The molecule has 6 rings (SSSR count). The molecule has 3 aliphatic heterocycles. The van der Waals surface area contributed by atoms with Gasteiger partial charge in [0.25, 0.3) is 0 Å². The Balaban J connectivity index is 1.30. The van der Waals surface area contributed by atoms with Gasteiger partial charge in [0.1, 0.15) is 18.3 Å². The van der Waals surface area contributed by atoms with Crippen LogP contribution in [-0.4, -0.2) is 95.0 Å². The molecule has 2 saturated heterocycles. The number of anilines is 2. The Morgan fingerprint density at radius 3 is 2.56 bits per heavy atom. The average molecular weight is 632 g/mol. The number of aliphatic hydroxyl groups excluding tert-OH is 2. The molecule has 0 radical (unpaired) electrons. The van der Waals surface area contributed by atoms with E-state index in [0.717, 1.165) is 18.5 Å². The van der Waals surface area contributed by atoms with Crippen LogP contribution in [0.15, 0.2) is 30.6 Å². The Hall–Kier alpha value is -2.00. The second-order valence-corrected chi connectivity index (χ2v) is 14.8. The SMILES string of the molecule is O=P(O)(O)CP(=O)(O)OCC1OC(n2cnc3c(N4CC5(CCOCC5)c5ccccc54)nc(Cl)nc32)C(O)C1O. The molecule has 5 unspecified atom stereocenters. The third-order valence-corrected chi connectivity index (χ3v) is 11.3. The Morgan fingerprint density at radius 1 is 1.10 bits per heavy atom. The third-order valence-electron chi connectivity index (χ3n) is 7.72. The van der Waals surface area contributed by atoms with Gasteiger partial charge in [0.05, 0.1) is 12.9 Å². The summed E-state index contributed by atoms with van der Waals surface area (Å²) in [4.78, 5) is 43.1. The predicted octanol–water partition coefficient (Wildman–Crippen LogP) is 1.64. The largest absolute Gasteiger partial charge is 0.387 e. The quantitative estimate of drug-likeness (QED) is 0.185. The molecule has 222 valence electrons. The van der Waals surface area contributed by atoms with Crippen LogP contribution in [0.5, 0.6) is 0 Å². The Kier molecular flexibility index (Phi) is 7.53. The Morgan fingerprint density at radius 2 is 1.83 bits per heavy atom. The van der Waals surface area contributed by atoms with E-state index in [4.69, 9.17) is 35.4 Å². The van der Waals surface area contributed by atoms with Gasteiger partial charge in [-0.2, -0.15) is 9.97 Å². The standard InChI is InChI=1S/C23H28ClN5O10P2/c24-22-26-19(28-10-23(5-7-37-8-6-23)13-3-1-2-4-14(13)28)16-20(27-22)29(11-25-16)21-18(31)17(30)15(39-21)9-38-41(35,36)12-40(32,33)34/h1-4,11,15,17-18,21,30-31H,5-10,12H2,(H,35,36)(H2,32,33,34). The topological polar surface area (TPSA) is 210 Å². The maximum absolute atomic E-state index is 12.0. The van der Waals surface area contributed by atoms with Gasteiger partial charge in [-0.05, 0) is 36.1 Å². The van der Waals surface area contributed by atoms with Crippen molar-refractivity contribution in [2.45, 2.75) is 42.8 Å². The highest BCUT2D eigenvalue weighted by atomic mass is 35.5. The summed E-state index contributed by atoms with van der Waals surface area (Å²) in [6, 6.07) is 8.06. The van der Waals surface area contributed by atoms with Gasteiger partial charge >= 0.3 is 15.2 Å². The Bertz CT molecular complexity index is 1560. The summed E-state index contributed by atoms with van der Waals surface area (Å²) in [5, 5.41) is 21.3. The molecule has 5 heterocycles. The van der Waals surface area contributed by atoms with Crippen LogP contribution in [0, 0.1) is 0 Å². The molecular formula is C23H28ClN5O10P2. The van der Waals surface area contributed by atoms with Gasteiger partial charge in [-0.15, -0.1) is 0 Å². The molecule has 3 aromatic rings. The van der Waals surface area contributed by atoms with Crippen LogP contribution in [0.2, 0.25) is 5.28 Å². The lowest BCUT2D eigenvalue weighted by Crippen LogP contribution is -2.37. The van der Waals surface area contributed by atoms with Crippen molar-refractivity contribution < 1.29 is 48.0 Å². The van der Waals surface area contributed by atoms with E-state index in [1.807, 2.05) is 23.1 Å². The van der Waals surface area contributed by atoms with Crippen molar-refractivity contribution >= 4 is 49.5 Å². The smallest absolute Gasteiger partial charge is 0.340 e. The van der Waals surface area contributed by atoms with E-state index in [9.17, 15) is 24.2 Å². The monoisotopic (exact) mass is 631 g/mol. The number of imidazole rings is 1. The van der Waals surface area contributed by atoms with Crippen LogP contribution in [0.3, 0.4) is 0 Å². The van der Waals surface area contributed by atoms with Crippen LogP contribution in [0.1, 0.15) is 24.6 Å². The number of halogens is 1. The van der Waals surface area contributed by atoms with Gasteiger partial charge in [-0.1, -0.05) is 18.2 Å². The van der Waals surface area contributed by atoms with E-state index < -0.39 is 52.2 Å².